The van der Waals surface area contributed by atoms with Crippen LogP contribution in [0.5, 0.6) is 0 Å². The summed E-state index contributed by atoms with van der Waals surface area (Å²) in [4.78, 5) is 15.3. The quantitative estimate of drug-likeness (QED) is 0.161. The molecule has 0 bridgehead atoms. The van der Waals surface area contributed by atoms with Gasteiger partial charge in [-0.05, 0) is 81.9 Å². The molecule has 9 aromatic carbocycles. The molecule has 0 saturated carbocycles. The lowest BCUT2D eigenvalue weighted by molar-refractivity contribution is 0.669. The van der Waals surface area contributed by atoms with Crippen LogP contribution in [0.15, 0.2) is 223 Å². The highest BCUT2D eigenvalue weighted by Gasteiger charge is 2.21. The van der Waals surface area contributed by atoms with Crippen LogP contribution in [0.2, 0.25) is 0 Å². The number of rotatable bonds is 7. The van der Waals surface area contributed by atoms with E-state index in [0.717, 1.165) is 55.3 Å². The van der Waals surface area contributed by atoms with Gasteiger partial charge in [-0.3, -0.25) is 0 Å². The maximum atomic E-state index is 9.34. The monoisotopic (exact) mass is 800 g/mol. The first-order valence-corrected chi connectivity index (χ1v) is 20.2. The Balaban J connectivity index is 1.15. The van der Waals surface area contributed by atoms with Crippen LogP contribution in [-0.4, -0.2) is 19.5 Å². The second-order valence-electron chi connectivity index (χ2n) is 15.0. The molecule has 0 radical (unpaired) electrons. The van der Waals surface area contributed by atoms with Crippen molar-refractivity contribution in [1.82, 2.24) is 19.5 Å². The Morgan fingerprint density at radius 2 is 0.758 bits per heavy atom. The molecule has 5 nitrogen and oxygen atoms in total. The van der Waals surface area contributed by atoms with E-state index >= 15 is 0 Å². The maximum absolute atomic E-state index is 9.34. The molecule has 0 spiro atoms. The molecular formula is C57H36N4O. The molecule has 0 N–H and O–H groups in total. The molecular weight excluding hydrogens is 757 g/mol. The smallest absolute Gasteiger partial charge is 0.166 e. The van der Waals surface area contributed by atoms with Gasteiger partial charge >= 0.3 is 0 Å². The van der Waals surface area contributed by atoms with Crippen molar-refractivity contribution in [2.75, 3.05) is 0 Å². The summed E-state index contributed by atoms with van der Waals surface area (Å²) in [6.45, 7) is 0. The average Bonchev–Trinajstić information content (AvgIpc) is 3.97. The van der Waals surface area contributed by atoms with Gasteiger partial charge in [-0.25, -0.2) is 15.0 Å². The Labute approximate surface area is 369 Å². The van der Waals surface area contributed by atoms with Crippen LogP contribution < -0.4 is 0 Å². The summed E-state index contributed by atoms with van der Waals surface area (Å²) in [5.74, 6) is 0.953. The summed E-state index contributed by atoms with van der Waals surface area (Å²) in [6.07, 6.45) is 0. The number of furan rings is 1. The molecule has 0 aliphatic rings. The van der Waals surface area contributed by atoms with Gasteiger partial charge in [0.15, 0.2) is 17.5 Å². The fourth-order valence-corrected chi connectivity index (χ4v) is 8.30. The van der Waals surface area contributed by atoms with Crippen molar-refractivity contribution in [2.45, 2.75) is 0 Å². The van der Waals surface area contributed by atoms with Gasteiger partial charge in [-0.1, -0.05) is 170 Å². The van der Waals surface area contributed by atoms with Gasteiger partial charge in [-0.2, -0.15) is 0 Å². The van der Waals surface area contributed by atoms with Crippen molar-refractivity contribution in [3.05, 3.63) is 218 Å². The zero-order chi connectivity index (χ0) is 47.9. The van der Waals surface area contributed by atoms with Crippen LogP contribution in [0.25, 0.3) is 117 Å². The fourth-order valence-electron chi connectivity index (χ4n) is 8.30. The Morgan fingerprint density at radius 1 is 0.355 bits per heavy atom. The van der Waals surface area contributed by atoms with Gasteiger partial charge in [0.2, 0.25) is 0 Å². The lowest BCUT2D eigenvalue weighted by atomic mass is 9.98. The molecule has 62 heavy (non-hydrogen) atoms. The summed E-state index contributed by atoms with van der Waals surface area (Å²) in [7, 11) is 0. The molecule has 5 heteroatoms. The number of fused-ring (bicyclic) bond motifs is 6. The van der Waals surface area contributed by atoms with E-state index < -0.39 is 48.3 Å². The molecule has 3 aromatic heterocycles. The zero-order valence-electron chi connectivity index (χ0n) is 40.9. The van der Waals surface area contributed by atoms with E-state index in [2.05, 4.69) is 24.3 Å². The van der Waals surface area contributed by atoms with Crippen molar-refractivity contribution in [1.29, 1.82) is 0 Å². The third kappa shape index (κ3) is 6.14. The fraction of sp³-hybridized carbons (Fsp3) is 0. The van der Waals surface area contributed by atoms with E-state index in [4.69, 9.17) is 27.6 Å². The molecule has 0 aliphatic carbocycles. The second-order valence-corrected chi connectivity index (χ2v) is 15.0. The minimum atomic E-state index is -0.523. The maximum Gasteiger partial charge on any atom is 0.166 e. The Morgan fingerprint density at radius 3 is 1.34 bits per heavy atom. The Bertz CT molecular complexity index is 4010. The molecule has 0 unspecified atom stereocenters. The highest BCUT2D eigenvalue weighted by atomic mass is 16.3. The largest absolute Gasteiger partial charge is 0.456 e. The van der Waals surface area contributed by atoms with Crippen molar-refractivity contribution in [2.24, 2.45) is 0 Å². The number of hydrogen-bond donors (Lipinski definition) is 0. The van der Waals surface area contributed by atoms with Gasteiger partial charge in [0.1, 0.15) is 11.2 Å². The van der Waals surface area contributed by atoms with E-state index in [-0.39, 0.29) is 27.6 Å². The van der Waals surface area contributed by atoms with Crippen LogP contribution in [0, 0.1) is 0 Å². The topological polar surface area (TPSA) is 56.7 Å². The summed E-state index contributed by atoms with van der Waals surface area (Å²) < 4.78 is 79.8. The summed E-state index contributed by atoms with van der Waals surface area (Å²) >= 11 is 0. The summed E-state index contributed by atoms with van der Waals surface area (Å²) in [5, 5.41) is 1.78. The first-order chi connectivity index (χ1) is 34.0. The first kappa shape index (κ1) is 28.1. The average molecular weight is 801 g/mol. The van der Waals surface area contributed by atoms with Gasteiger partial charge in [0.05, 0.1) is 27.7 Å². The van der Waals surface area contributed by atoms with E-state index in [1.165, 1.54) is 4.57 Å². The van der Waals surface area contributed by atoms with Crippen LogP contribution >= 0.6 is 0 Å². The standard InChI is InChI=1S/C57H36N4O/c1-4-14-37(15-5-1)39-24-26-41(27-25-39)56-58-55(40-18-8-3-9-19-40)59-57(60-56)49-36-43(28-31-52(49)61-50-22-12-10-20-45(50)46-21-11-13-23-51(46)61)44-30-33-54-48(35-44)47-34-42(29-32-53(47)62-54)38-16-6-2-7-17-38/h1-36H/i10D,11D,12D,13D,20D,21D,22D,23D. The lowest BCUT2D eigenvalue weighted by Gasteiger charge is -2.16. The van der Waals surface area contributed by atoms with Crippen molar-refractivity contribution >= 4 is 43.7 Å². The molecule has 12 rings (SSSR count). The molecule has 290 valence electrons. The Hall–Kier alpha value is -8.41. The molecule has 0 saturated heterocycles. The summed E-state index contributed by atoms with van der Waals surface area (Å²) in [5.41, 5.74) is 9.33. The number of benzene rings is 9. The highest BCUT2D eigenvalue weighted by molar-refractivity contribution is 6.10. The number of aromatic nitrogens is 4. The van der Waals surface area contributed by atoms with Gasteiger partial charge < -0.3 is 8.98 Å². The predicted octanol–water partition coefficient (Wildman–Crippen LogP) is 14.9. The van der Waals surface area contributed by atoms with Crippen molar-refractivity contribution in [3.63, 3.8) is 0 Å². The van der Waals surface area contributed by atoms with Crippen LogP contribution in [0.4, 0.5) is 0 Å². The molecule has 0 aliphatic heterocycles. The summed E-state index contributed by atoms with van der Waals surface area (Å²) in [6, 6.07) is 51.6. The number of hydrogen-bond acceptors (Lipinski definition) is 4. The minimum Gasteiger partial charge on any atom is -0.456 e. The third-order valence-corrected chi connectivity index (χ3v) is 11.3. The van der Waals surface area contributed by atoms with Crippen LogP contribution in [-0.2, 0) is 0 Å². The van der Waals surface area contributed by atoms with Crippen molar-refractivity contribution < 1.29 is 15.4 Å². The lowest BCUT2D eigenvalue weighted by Crippen LogP contribution is -2.04. The first-order valence-electron chi connectivity index (χ1n) is 24.2. The van der Waals surface area contributed by atoms with Crippen LogP contribution in [0.3, 0.4) is 0 Å². The molecule has 0 atom stereocenters. The van der Waals surface area contributed by atoms with E-state index in [1.807, 2.05) is 140 Å². The normalized spacial score (nSPS) is 13.4. The minimum absolute atomic E-state index is 0.0171. The van der Waals surface area contributed by atoms with E-state index in [1.54, 1.807) is 6.07 Å². The van der Waals surface area contributed by atoms with E-state index in [0.29, 0.717) is 34.0 Å². The number of nitrogens with zero attached hydrogens (tertiary/aromatic N) is 4. The molecule has 0 fully saturated rings. The molecule has 12 aromatic rings. The van der Waals surface area contributed by atoms with Gasteiger partial charge in [-0.15, -0.1) is 0 Å². The highest BCUT2D eigenvalue weighted by Crippen LogP contribution is 2.40. The Kier molecular flexibility index (Phi) is 6.67. The molecule has 0 amide bonds. The molecule has 3 heterocycles. The second kappa shape index (κ2) is 14.7. The zero-order valence-corrected chi connectivity index (χ0v) is 32.9. The predicted molar refractivity (Wildman–Crippen MR) is 254 cm³/mol. The van der Waals surface area contributed by atoms with Crippen LogP contribution in [0.1, 0.15) is 11.0 Å². The van der Waals surface area contributed by atoms with E-state index in [9.17, 15) is 2.74 Å². The van der Waals surface area contributed by atoms with Crippen molar-refractivity contribution in [3.8, 4) is 73.2 Å². The SMILES string of the molecule is [2H]c1c([2H])c([2H])c2c(c1[2H])c1c([2H])c([2H])c([2H])c([2H])c1n2-c1ccc(-c2ccc3oc4ccc(-c5ccccc5)cc4c3c2)cc1-c1nc(-c2ccccc2)nc(-c2ccc(-c3ccccc3)cc2)n1. The third-order valence-electron chi connectivity index (χ3n) is 11.3. The number of para-hydroxylation sites is 2. The van der Waals surface area contributed by atoms with Gasteiger partial charge in [0, 0.05) is 38.2 Å². The van der Waals surface area contributed by atoms with Gasteiger partial charge in [0.25, 0.3) is 0 Å².